The molecule has 0 aliphatic heterocycles. The SMILES string of the molecule is CCOC(=O)c1cc2cc(NC(=N)N)cc(Cl)c2[nH]1. The van der Waals surface area contributed by atoms with Crippen molar-refractivity contribution in [1.29, 1.82) is 5.41 Å². The highest BCUT2D eigenvalue weighted by molar-refractivity contribution is 6.35. The number of hydrogen-bond donors (Lipinski definition) is 4. The molecular weight excluding hydrogens is 268 g/mol. The number of guanidine groups is 1. The Bertz CT molecular complexity index is 650. The van der Waals surface area contributed by atoms with Gasteiger partial charge < -0.3 is 20.8 Å². The number of anilines is 1. The highest BCUT2D eigenvalue weighted by Crippen LogP contribution is 2.28. The lowest BCUT2D eigenvalue weighted by Gasteiger charge is -2.04. The van der Waals surface area contributed by atoms with Crippen LogP contribution in [0.15, 0.2) is 18.2 Å². The molecule has 0 radical (unpaired) electrons. The number of rotatable bonds is 3. The molecule has 19 heavy (non-hydrogen) atoms. The molecule has 0 spiro atoms. The summed E-state index contributed by atoms with van der Waals surface area (Å²) in [6, 6.07) is 5.00. The lowest BCUT2D eigenvalue weighted by molar-refractivity contribution is 0.0520. The van der Waals surface area contributed by atoms with Gasteiger partial charge in [-0.25, -0.2) is 4.79 Å². The molecular formula is C12H13ClN4O2. The van der Waals surface area contributed by atoms with Crippen LogP contribution in [0.3, 0.4) is 0 Å². The zero-order chi connectivity index (χ0) is 14.0. The summed E-state index contributed by atoms with van der Waals surface area (Å²) in [4.78, 5) is 14.5. The monoisotopic (exact) mass is 280 g/mol. The van der Waals surface area contributed by atoms with Crippen LogP contribution in [0.1, 0.15) is 17.4 Å². The van der Waals surface area contributed by atoms with E-state index in [1.54, 1.807) is 25.1 Å². The van der Waals surface area contributed by atoms with Crippen molar-refractivity contribution in [3.05, 3.63) is 28.9 Å². The fourth-order valence-electron chi connectivity index (χ4n) is 1.75. The van der Waals surface area contributed by atoms with Gasteiger partial charge in [0.2, 0.25) is 0 Å². The van der Waals surface area contributed by atoms with E-state index in [9.17, 15) is 4.79 Å². The first-order chi connectivity index (χ1) is 9.01. The maximum atomic E-state index is 11.6. The normalized spacial score (nSPS) is 10.4. The van der Waals surface area contributed by atoms with E-state index in [4.69, 9.17) is 27.5 Å². The fraction of sp³-hybridized carbons (Fsp3) is 0.167. The first-order valence-electron chi connectivity index (χ1n) is 5.61. The number of benzene rings is 1. The zero-order valence-corrected chi connectivity index (χ0v) is 11.0. The third-order valence-electron chi connectivity index (χ3n) is 2.45. The second-order valence-corrected chi connectivity index (χ2v) is 4.27. The minimum absolute atomic E-state index is 0.184. The van der Waals surface area contributed by atoms with Crippen molar-refractivity contribution in [1.82, 2.24) is 4.98 Å². The molecule has 0 saturated heterocycles. The summed E-state index contributed by atoms with van der Waals surface area (Å²) in [5, 5.41) is 11.0. The van der Waals surface area contributed by atoms with Crippen LogP contribution < -0.4 is 11.1 Å². The Morgan fingerprint density at radius 3 is 2.89 bits per heavy atom. The van der Waals surface area contributed by atoms with Gasteiger partial charge >= 0.3 is 5.97 Å². The Balaban J connectivity index is 2.44. The smallest absolute Gasteiger partial charge is 0.354 e. The van der Waals surface area contributed by atoms with Gasteiger partial charge in [-0.3, -0.25) is 5.41 Å². The van der Waals surface area contributed by atoms with Crippen molar-refractivity contribution in [2.24, 2.45) is 5.73 Å². The summed E-state index contributed by atoms with van der Waals surface area (Å²) in [7, 11) is 0. The lowest BCUT2D eigenvalue weighted by Crippen LogP contribution is -2.20. The number of nitrogens with two attached hydrogens (primary N) is 1. The van der Waals surface area contributed by atoms with E-state index in [2.05, 4.69) is 10.3 Å². The number of aromatic nitrogens is 1. The van der Waals surface area contributed by atoms with Crippen LogP contribution in [0.5, 0.6) is 0 Å². The van der Waals surface area contributed by atoms with Gasteiger partial charge in [0.25, 0.3) is 0 Å². The van der Waals surface area contributed by atoms with Crippen LogP contribution in [0.4, 0.5) is 5.69 Å². The number of carbonyl (C=O) groups is 1. The zero-order valence-electron chi connectivity index (χ0n) is 10.2. The number of fused-ring (bicyclic) bond motifs is 1. The number of ether oxygens (including phenoxy) is 1. The highest BCUT2D eigenvalue weighted by atomic mass is 35.5. The third-order valence-corrected chi connectivity index (χ3v) is 2.75. The molecule has 1 aromatic carbocycles. The number of aromatic amines is 1. The predicted molar refractivity (Wildman–Crippen MR) is 74.8 cm³/mol. The summed E-state index contributed by atoms with van der Waals surface area (Å²) in [6.45, 7) is 2.04. The molecule has 5 N–H and O–H groups in total. The summed E-state index contributed by atoms with van der Waals surface area (Å²) >= 11 is 6.11. The number of nitrogens with one attached hydrogen (secondary N) is 3. The largest absolute Gasteiger partial charge is 0.461 e. The molecule has 0 fully saturated rings. The quantitative estimate of drug-likeness (QED) is 0.393. The van der Waals surface area contributed by atoms with E-state index >= 15 is 0 Å². The number of H-pyrrole nitrogens is 1. The van der Waals surface area contributed by atoms with E-state index in [0.717, 1.165) is 5.39 Å². The Morgan fingerprint density at radius 2 is 2.26 bits per heavy atom. The van der Waals surface area contributed by atoms with E-state index < -0.39 is 5.97 Å². The molecule has 6 nitrogen and oxygen atoms in total. The molecule has 100 valence electrons. The molecule has 7 heteroatoms. The minimum atomic E-state index is -0.434. The van der Waals surface area contributed by atoms with Crippen molar-refractivity contribution >= 4 is 40.1 Å². The van der Waals surface area contributed by atoms with Gasteiger partial charge in [0, 0.05) is 11.1 Å². The van der Waals surface area contributed by atoms with Crippen LogP contribution in [0.2, 0.25) is 5.02 Å². The standard InChI is InChI=1S/C12H13ClN4O2/c1-2-19-11(18)9-4-6-3-7(16-12(14)15)5-8(13)10(6)17-9/h3-5,17H,2H2,1H3,(H4,14,15,16). The molecule has 0 aliphatic carbocycles. The van der Waals surface area contributed by atoms with Gasteiger partial charge in [-0.05, 0) is 25.1 Å². The van der Waals surface area contributed by atoms with Crippen molar-refractivity contribution in [3.63, 3.8) is 0 Å². The molecule has 0 bridgehead atoms. The summed E-state index contributed by atoms with van der Waals surface area (Å²) in [6.07, 6.45) is 0. The average molecular weight is 281 g/mol. The lowest BCUT2D eigenvalue weighted by atomic mass is 10.2. The Labute approximate surface area is 114 Å². The van der Waals surface area contributed by atoms with Gasteiger partial charge in [0.1, 0.15) is 5.69 Å². The number of halogens is 1. The van der Waals surface area contributed by atoms with Crippen molar-refractivity contribution in [2.75, 3.05) is 11.9 Å². The molecule has 0 atom stereocenters. The topological polar surface area (TPSA) is 104 Å². The molecule has 0 saturated carbocycles. The van der Waals surface area contributed by atoms with Crippen LogP contribution >= 0.6 is 11.6 Å². The van der Waals surface area contributed by atoms with Gasteiger partial charge in [-0.2, -0.15) is 0 Å². The van der Waals surface area contributed by atoms with E-state index in [-0.39, 0.29) is 5.96 Å². The molecule has 0 amide bonds. The maximum absolute atomic E-state index is 11.6. The summed E-state index contributed by atoms with van der Waals surface area (Å²) in [5.74, 6) is -0.618. The molecule has 1 aromatic heterocycles. The number of esters is 1. The van der Waals surface area contributed by atoms with Crippen LogP contribution in [0.25, 0.3) is 10.9 Å². The van der Waals surface area contributed by atoms with E-state index in [1.165, 1.54) is 0 Å². The van der Waals surface area contributed by atoms with Crippen LogP contribution in [-0.2, 0) is 4.74 Å². The molecule has 2 rings (SSSR count). The number of hydrogen-bond acceptors (Lipinski definition) is 3. The van der Waals surface area contributed by atoms with Gasteiger partial charge in [-0.1, -0.05) is 11.6 Å². The Hall–Kier alpha value is -2.21. The molecule has 0 unspecified atom stereocenters. The van der Waals surface area contributed by atoms with Crippen LogP contribution in [0, 0.1) is 5.41 Å². The fourth-order valence-corrected chi connectivity index (χ4v) is 2.02. The van der Waals surface area contributed by atoms with Crippen molar-refractivity contribution in [3.8, 4) is 0 Å². The average Bonchev–Trinajstić information content (AvgIpc) is 2.72. The van der Waals surface area contributed by atoms with Crippen LogP contribution in [-0.4, -0.2) is 23.5 Å². The summed E-state index contributed by atoms with van der Waals surface area (Å²) < 4.78 is 4.91. The van der Waals surface area contributed by atoms with Gasteiger partial charge in [0.15, 0.2) is 5.96 Å². The number of carbonyl (C=O) groups excluding carboxylic acids is 1. The highest BCUT2D eigenvalue weighted by Gasteiger charge is 2.13. The maximum Gasteiger partial charge on any atom is 0.354 e. The minimum Gasteiger partial charge on any atom is -0.461 e. The molecule has 2 aromatic rings. The molecule has 1 heterocycles. The second kappa shape index (κ2) is 5.19. The first kappa shape index (κ1) is 13.2. The van der Waals surface area contributed by atoms with Crippen molar-refractivity contribution in [2.45, 2.75) is 6.92 Å². The summed E-state index contributed by atoms with van der Waals surface area (Å²) in [5.41, 5.74) is 6.81. The Morgan fingerprint density at radius 1 is 1.53 bits per heavy atom. The van der Waals surface area contributed by atoms with Crippen molar-refractivity contribution < 1.29 is 9.53 Å². The second-order valence-electron chi connectivity index (χ2n) is 3.86. The Kier molecular flexibility index (Phi) is 3.62. The van der Waals surface area contributed by atoms with E-state index in [1.807, 2.05) is 0 Å². The first-order valence-corrected chi connectivity index (χ1v) is 5.99. The third kappa shape index (κ3) is 2.79. The predicted octanol–water partition coefficient (Wildman–Crippen LogP) is 2.30. The van der Waals surface area contributed by atoms with Gasteiger partial charge in [0.05, 0.1) is 17.1 Å². The van der Waals surface area contributed by atoms with E-state index in [0.29, 0.717) is 28.5 Å². The molecule has 0 aliphatic rings. The van der Waals surface area contributed by atoms with Gasteiger partial charge in [-0.15, -0.1) is 0 Å².